The Balaban J connectivity index is 1.94. The van der Waals surface area contributed by atoms with Crippen LogP contribution in [0, 0.1) is 0 Å². The van der Waals surface area contributed by atoms with Crippen molar-refractivity contribution < 1.29 is 4.79 Å². The van der Waals surface area contributed by atoms with E-state index in [4.69, 9.17) is 0 Å². The molecule has 1 atom stereocenters. The molecule has 98 valence electrons. The van der Waals surface area contributed by atoms with Gasteiger partial charge in [-0.15, -0.1) is 0 Å². The lowest BCUT2D eigenvalue weighted by Gasteiger charge is -2.11. The Bertz CT molecular complexity index is 590. The molecular formula is C14H13BrN2O2. The van der Waals surface area contributed by atoms with Crippen molar-refractivity contribution in [1.82, 2.24) is 10.3 Å². The van der Waals surface area contributed by atoms with Crippen molar-refractivity contribution in [3.05, 3.63) is 70.1 Å². The largest absolute Gasteiger partial charge is 0.351 e. The van der Waals surface area contributed by atoms with Gasteiger partial charge in [0, 0.05) is 18.8 Å². The van der Waals surface area contributed by atoms with E-state index in [9.17, 15) is 9.59 Å². The highest BCUT2D eigenvalue weighted by Gasteiger charge is 2.10. The SMILES string of the molecule is O=C(NCC(Br)c1ccccc1)c1ccc(=O)[nH]c1. The minimum Gasteiger partial charge on any atom is -0.351 e. The van der Waals surface area contributed by atoms with E-state index in [1.807, 2.05) is 30.3 Å². The number of hydrogen-bond acceptors (Lipinski definition) is 2. The summed E-state index contributed by atoms with van der Waals surface area (Å²) in [5.41, 5.74) is 1.32. The van der Waals surface area contributed by atoms with Crippen LogP contribution >= 0.6 is 15.9 Å². The third-order valence-electron chi connectivity index (χ3n) is 2.65. The summed E-state index contributed by atoms with van der Waals surface area (Å²) in [6.07, 6.45) is 1.41. The number of rotatable bonds is 4. The monoisotopic (exact) mass is 320 g/mol. The van der Waals surface area contributed by atoms with Gasteiger partial charge in [-0.05, 0) is 11.6 Å². The van der Waals surface area contributed by atoms with Crippen LogP contribution in [0.25, 0.3) is 0 Å². The topological polar surface area (TPSA) is 62.0 Å². The Morgan fingerprint density at radius 3 is 2.58 bits per heavy atom. The summed E-state index contributed by atoms with van der Waals surface area (Å²) in [7, 11) is 0. The first-order valence-electron chi connectivity index (χ1n) is 5.83. The number of aromatic amines is 1. The fraction of sp³-hybridized carbons (Fsp3) is 0.143. The van der Waals surface area contributed by atoms with Gasteiger partial charge in [0.15, 0.2) is 0 Å². The van der Waals surface area contributed by atoms with Crippen LogP contribution in [0.3, 0.4) is 0 Å². The molecule has 0 fully saturated rings. The van der Waals surface area contributed by atoms with Gasteiger partial charge >= 0.3 is 0 Å². The predicted octanol–water partition coefficient (Wildman–Crippen LogP) is 2.24. The third kappa shape index (κ3) is 3.79. The molecule has 2 aromatic rings. The molecule has 1 aromatic heterocycles. The average molecular weight is 321 g/mol. The lowest BCUT2D eigenvalue weighted by atomic mass is 10.1. The van der Waals surface area contributed by atoms with E-state index in [0.717, 1.165) is 5.56 Å². The zero-order valence-corrected chi connectivity index (χ0v) is 11.7. The van der Waals surface area contributed by atoms with Crippen LogP contribution in [-0.2, 0) is 0 Å². The number of benzene rings is 1. The Morgan fingerprint density at radius 1 is 1.21 bits per heavy atom. The van der Waals surface area contributed by atoms with Crippen LogP contribution in [0.15, 0.2) is 53.5 Å². The van der Waals surface area contributed by atoms with Gasteiger partial charge in [-0.1, -0.05) is 46.3 Å². The zero-order valence-electron chi connectivity index (χ0n) is 10.1. The average Bonchev–Trinajstić information content (AvgIpc) is 2.46. The summed E-state index contributed by atoms with van der Waals surface area (Å²) in [6.45, 7) is 0.474. The van der Waals surface area contributed by atoms with Crippen LogP contribution in [0.1, 0.15) is 20.7 Å². The van der Waals surface area contributed by atoms with Crippen LogP contribution in [0.5, 0.6) is 0 Å². The van der Waals surface area contributed by atoms with E-state index in [-0.39, 0.29) is 16.3 Å². The van der Waals surface area contributed by atoms with E-state index in [1.165, 1.54) is 18.3 Å². The number of aromatic nitrogens is 1. The molecular weight excluding hydrogens is 308 g/mol. The lowest BCUT2D eigenvalue weighted by Crippen LogP contribution is -2.27. The van der Waals surface area contributed by atoms with Gasteiger partial charge in [0.05, 0.1) is 10.4 Å². The number of nitrogens with one attached hydrogen (secondary N) is 2. The molecule has 0 saturated carbocycles. The molecule has 0 aliphatic rings. The number of halogens is 1. The molecule has 4 nitrogen and oxygen atoms in total. The highest BCUT2D eigenvalue weighted by atomic mass is 79.9. The first kappa shape index (κ1) is 13.5. The smallest absolute Gasteiger partial charge is 0.252 e. The standard InChI is InChI=1S/C14H13BrN2O2/c15-12(10-4-2-1-3-5-10)9-17-14(19)11-6-7-13(18)16-8-11/h1-8,12H,9H2,(H,16,18)(H,17,19). The van der Waals surface area contributed by atoms with Gasteiger partial charge in [-0.3, -0.25) is 9.59 Å². The Kier molecular flexibility index (Phi) is 4.52. The summed E-state index contributed by atoms with van der Waals surface area (Å²) in [5, 5.41) is 2.81. The number of pyridine rings is 1. The van der Waals surface area contributed by atoms with Crippen LogP contribution in [0.2, 0.25) is 0 Å². The molecule has 2 rings (SSSR count). The second-order valence-corrected chi connectivity index (χ2v) is 5.14. The van der Waals surface area contributed by atoms with Crippen LogP contribution < -0.4 is 10.9 Å². The molecule has 0 radical (unpaired) electrons. The van der Waals surface area contributed by atoms with Crippen molar-refractivity contribution in [3.63, 3.8) is 0 Å². The van der Waals surface area contributed by atoms with Gasteiger partial charge in [0.2, 0.25) is 5.56 Å². The minimum absolute atomic E-state index is 0.0559. The quantitative estimate of drug-likeness (QED) is 0.849. The summed E-state index contributed by atoms with van der Waals surface area (Å²) in [4.78, 5) is 25.3. The fourth-order valence-electron chi connectivity index (χ4n) is 1.62. The molecule has 0 aliphatic heterocycles. The third-order valence-corrected chi connectivity index (χ3v) is 3.50. The highest BCUT2D eigenvalue weighted by Crippen LogP contribution is 2.21. The minimum atomic E-state index is -0.223. The number of alkyl halides is 1. The van der Waals surface area contributed by atoms with Gasteiger partial charge in [0.1, 0.15) is 0 Å². The Morgan fingerprint density at radius 2 is 1.95 bits per heavy atom. The molecule has 5 heteroatoms. The second-order valence-electron chi connectivity index (χ2n) is 4.03. The van der Waals surface area contributed by atoms with E-state index < -0.39 is 0 Å². The van der Waals surface area contributed by atoms with Gasteiger partial charge in [0.25, 0.3) is 5.91 Å². The van der Waals surface area contributed by atoms with E-state index in [1.54, 1.807) is 0 Å². The van der Waals surface area contributed by atoms with Crippen LogP contribution in [-0.4, -0.2) is 17.4 Å². The molecule has 1 amide bonds. The normalized spacial score (nSPS) is 11.8. The second kappa shape index (κ2) is 6.33. The molecule has 0 saturated heterocycles. The van der Waals surface area contributed by atoms with Gasteiger partial charge < -0.3 is 10.3 Å². The van der Waals surface area contributed by atoms with Crippen molar-refractivity contribution in [2.75, 3.05) is 6.54 Å². The molecule has 0 aliphatic carbocycles. The maximum Gasteiger partial charge on any atom is 0.252 e. The van der Waals surface area contributed by atoms with Crippen molar-refractivity contribution >= 4 is 21.8 Å². The van der Waals surface area contributed by atoms with Gasteiger partial charge in [-0.2, -0.15) is 0 Å². The lowest BCUT2D eigenvalue weighted by molar-refractivity contribution is 0.0953. The Labute approximate surface area is 119 Å². The highest BCUT2D eigenvalue weighted by molar-refractivity contribution is 9.09. The van der Waals surface area contributed by atoms with Crippen molar-refractivity contribution in [2.24, 2.45) is 0 Å². The molecule has 1 unspecified atom stereocenters. The van der Waals surface area contributed by atoms with Crippen LogP contribution in [0.4, 0.5) is 0 Å². The van der Waals surface area contributed by atoms with Crippen molar-refractivity contribution in [3.8, 4) is 0 Å². The van der Waals surface area contributed by atoms with Crippen molar-refractivity contribution in [1.29, 1.82) is 0 Å². The number of carbonyl (C=O) groups is 1. The van der Waals surface area contributed by atoms with E-state index in [0.29, 0.717) is 12.1 Å². The zero-order chi connectivity index (χ0) is 13.7. The van der Waals surface area contributed by atoms with Gasteiger partial charge in [-0.25, -0.2) is 0 Å². The maximum atomic E-state index is 11.8. The molecule has 0 bridgehead atoms. The predicted molar refractivity (Wildman–Crippen MR) is 77.5 cm³/mol. The molecule has 1 aromatic carbocycles. The molecule has 19 heavy (non-hydrogen) atoms. The number of hydrogen-bond donors (Lipinski definition) is 2. The van der Waals surface area contributed by atoms with E-state index >= 15 is 0 Å². The summed E-state index contributed by atoms with van der Waals surface area (Å²) in [5.74, 6) is -0.211. The summed E-state index contributed by atoms with van der Waals surface area (Å²) >= 11 is 3.53. The number of H-pyrrole nitrogens is 1. The summed E-state index contributed by atoms with van der Waals surface area (Å²) < 4.78 is 0. The number of carbonyl (C=O) groups excluding carboxylic acids is 1. The molecule has 2 N–H and O–H groups in total. The summed E-state index contributed by atoms with van der Waals surface area (Å²) in [6, 6.07) is 12.7. The Hall–Kier alpha value is -1.88. The molecule has 0 spiro atoms. The molecule has 1 heterocycles. The van der Waals surface area contributed by atoms with E-state index in [2.05, 4.69) is 26.2 Å². The first-order chi connectivity index (χ1) is 9.16. The van der Waals surface area contributed by atoms with Crippen molar-refractivity contribution in [2.45, 2.75) is 4.83 Å². The fourth-order valence-corrected chi connectivity index (χ4v) is 2.08. The first-order valence-corrected chi connectivity index (χ1v) is 6.74. The maximum absolute atomic E-state index is 11.8. The number of amides is 1.